The van der Waals surface area contributed by atoms with Gasteiger partial charge in [0.15, 0.2) is 4.80 Å². The van der Waals surface area contributed by atoms with Crippen LogP contribution in [0.25, 0.3) is 6.08 Å². The minimum Gasteiger partial charge on any atom is -0.463 e. The third-order valence-electron chi connectivity index (χ3n) is 5.47. The lowest BCUT2D eigenvalue weighted by atomic mass is 9.93. The summed E-state index contributed by atoms with van der Waals surface area (Å²) in [5.41, 5.74) is 2.76. The smallest absolute Gasteiger partial charge is 0.338 e. The normalized spacial score (nSPS) is 16.3. The first-order valence-electron chi connectivity index (χ1n) is 10.7. The fourth-order valence-corrected chi connectivity index (χ4v) is 4.86. The molecule has 0 fully saturated rings. The van der Waals surface area contributed by atoms with Gasteiger partial charge in [-0.05, 0) is 49.9 Å². The predicted molar refractivity (Wildman–Crippen MR) is 124 cm³/mol. The molecule has 0 N–H and O–H groups in total. The van der Waals surface area contributed by atoms with Crippen LogP contribution in [0, 0.1) is 6.92 Å². The number of ether oxygens (including phenoxy) is 1. The molecule has 6 nitrogen and oxygen atoms in total. The van der Waals surface area contributed by atoms with Crippen LogP contribution in [0.15, 0.2) is 61.9 Å². The molecule has 0 saturated heterocycles. The molecule has 0 saturated carbocycles. The number of thiazole rings is 1. The number of carbonyl (C=O) groups excluding carboxylic acids is 1. The van der Waals surface area contributed by atoms with Crippen molar-refractivity contribution in [2.45, 2.75) is 46.6 Å². The molecule has 1 aliphatic rings. The van der Waals surface area contributed by atoms with Crippen molar-refractivity contribution in [1.82, 2.24) is 4.57 Å². The van der Waals surface area contributed by atoms with E-state index in [2.05, 4.69) is 18.8 Å². The first-order valence-corrected chi connectivity index (χ1v) is 11.5. The van der Waals surface area contributed by atoms with Gasteiger partial charge in [0.05, 0.1) is 28.5 Å². The van der Waals surface area contributed by atoms with Gasteiger partial charge in [0.2, 0.25) is 0 Å². The number of fused-ring (bicyclic) bond motifs is 1. The van der Waals surface area contributed by atoms with Crippen LogP contribution in [-0.2, 0) is 9.53 Å². The Labute approximate surface area is 190 Å². The van der Waals surface area contributed by atoms with Crippen molar-refractivity contribution in [2.24, 2.45) is 4.99 Å². The molecule has 3 heterocycles. The predicted octanol–water partition coefficient (Wildman–Crippen LogP) is 3.82. The molecule has 7 heteroatoms. The fraction of sp³-hybridized carbons (Fsp3) is 0.320. The Morgan fingerprint density at radius 2 is 1.94 bits per heavy atom. The topological polar surface area (TPSA) is 73.8 Å². The van der Waals surface area contributed by atoms with Gasteiger partial charge in [-0.15, -0.1) is 0 Å². The summed E-state index contributed by atoms with van der Waals surface area (Å²) in [6, 6.07) is 11.1. The monoisotopic (exact) mass is 450 g/mol. The number of carbonyl (C=O) groups is 1. The van der Waals surface area contributed by atoms with Crippen LogP contribution in [-0.4, -0.2) is 17.1 Å². The third-order valence-corrected chi connectivity index (χ3v) is 6.45. The molecule has 1 aliphatic heterocycles. The molecule has 0 radical (unpaired) electrons. The van der Waals surface area contributed by atoms with Gasteiger partial charge < -0.3 is 9.15 Å². The minimum atomic E-state index is -0.605. The molecule has 32 heavy (non-hydrogen) atoms. The minimum absolute atomic E-state index is 0.213. The van der Waals surface area contributed by atoms with E-state index >= 15 is 0 Å². The number of aryl methyl sites for hydroxylation is 1. The van der Waals surface area contributed by atoms with E-state index in [1.165, 1.54) is 16.9 Å². The third kappa shape index (κ3) is 4.00. The molecule has 0 amide bonds. The number of furan rings is 1. The standard InChI is InChI=1S/C25H26N2O4S/c1-6-30-24(29)21-16(5)26-25-27(22(21)18-10-8-17(9-11-18)14(2)3)23(28)20(32-25)13-19-12-7-15(4)31-19/h7-14,22H,6H2,1-5H3. The van der Waals surface area contributed by atoms with Crippen LogP contribution in [0.3, 0.4) is 0 Å². The molecule has 1 aromatic carbocycles. The van der Waals surface area contributed by atoms with E-state index in [1.54, 1.807) is 24.5 Å². The van der Waals surface area contributed by atoms with E-state index < -0.39 is 12.0 Å². The Kier molecular flexibility index (Phi) is 6.02. The number of benzene rings is 1. The quantitative estimate of drug-likeness (QED) is 0.554. The number of allylic oxidation sites excluding steroid dienone is 1. The van der Waals surface area contributed by atoms with Crippen LogP contribution in [0.4, 0.5) is 0 Å². The molecule has 2 aromatic heterocycles. The second-order valence-corrected chi connectivity index (χ2v) is 9.08. The number of nitrogens with zero attached hydrogens (tertiary/aromatic N) is 2. The Hall–Kier alpha value is -3.19. The van der Waals surface area contributed by atoms with Crippen molar-refractivity contribution < 1.29 is 13.9 Å². The average Bonchev–Trinajstić information content (AvgIpc) is 3.30. The van der Waals surface area contributed by atoms with Gasteiger partial charge in [0, 0.05) is 6.08 Å². The van der Waals surface area contributed by atoms with Crippen molar-refractivity contribution in [1.29, 1.82) is 0 Å². The number of rotatable bonds is 5. The first kappa shape index (κ1) is 22.0. The van der Waals surface area contributed by atoms with E-state index in [4.69, 9.17) is 9.15 Å². The van der Waals surface area contributed by atoms with Gasteiger partial charge in [0.1, 0.15) is 11.5 Å². The second-order valence-electron chi connectivity index (χ2n) is 8.07. The van der Waals surface area contributed by atoms with Crippen LogP contribution >= 0.6 is 11.3 Å². The maximum absolute atomic E-state index is 13.5. The summed E-state index contributed by atoms with van der Waals surface area (Å²) >= 11 is 1.29. The number of esters is 1. The van der Waals surface area contributed by atoms with Gasteiger partial charge in [-0.3, -0.25) is 9.36 Å². The van der Waals surface area contributed by atoms with Crippen LogP contribution in [0.5, 0.6) is 0 Å². The Morgan fingerprint density at radius 1 is 1.22 bits per heavy atom. The Balaban J connectivity index is 1.93. The van der Waals surface area contributed by atoms with E-state index in [1.807, 2.05) is 43.3 Å². The van der Waals surface area contributed by atoms with Crippen molar-refractivity contribution in [2.75, 3.05) is 6.61 Å². The van der Waals surface area contributed by atoms with E-state index in [-0.39, 0.29) is 12.2 Å². The summed E-state index contributed by atoms with van der Waals surface area (Å²) in [6.07, 6.45) is 1.72. The van der Waals surface area contributed by atoms with Crippen molar-refractivity contribution in [3.05, 3.63) is 90.0 Å². The summed E-state index contributed by atoms with van der Waals surface area (Å²) in [6.45, 7) is 9.91. The molecule has 4 rings (SSSR count). The summed E-state index contributed by atoms with van der Waals surface area (Å²) in [4.78, 5) is 31.5. The highest BCUT2D eigenvalue weighted by Crippen LogP contribution is 2.31. The number of hydrogen-bond acceptors (Lipinski definition) is 6. The highest BCUT2D eigenvalue weighted by Gasteiger charge is 2.33. The maximum atomic E-state index is 13.5. The molecule has 0 bridgehead atoms. The second kappa shape index (κ2) is 8.74. The molecule has 1 atom stereocenters. The van der Waals surface area contributed by atoms with Crippen LogP contribution in [0.2, 0.25) is 0 Å². The van der Waals surface area contributed by atoms with Gasteiger partial charge in [-0.25, -0.2) is 9.79 Å². The van der Waals surface area contributed by atoms with Crippen molar-refractivity contribution >= 4 is 23.4 Å². The highest BCUT2D eigenvalue weighted by molar-refractivity contribution is 7.07. The lowest BCUT2D eigenvalue weighted by molar-refractivity contribution is -0.139. The maximum Gasteiger partial charge on any atom is 0.338 e. The van der Waals surface area contributed by atoms with Gasteiger partial charge in [-0.1, -0.05) is 49.4 Å². The Morgan fingerprint density at radius 3 is 2.53 bits per heavy atom. The fourth-order valence-electron chi connectivity index (χ4n) is 3.83. The summed E-state index contributed by atoms with van der Waals surface area (Å²) in [7, 11) is 0. The summed E-state index contributed by atoms with van der Waals surface area (Å²) < 4.78 is 13.0. The molecule has 1 unspecified atom stereocenters. The van der Waals surface area contributed by atoms with Crippen LogP contribution < -0.4 is 14.9 Å². The zero-order valence-corrected chi connectivity index (χ0v) is 19.7. The largest absolute Gasteiger partial charge is 0.463 e. The number of hydrogen-bond donors (Lipinski definition) is 0. The van der Waals surface area contributed by atoms with Gasteiger partial charge in [0.25, 0.3) is 5.56 Å². The molecule has 3 aromatic rings. The van der Waals surface area contributed by atoms with Crippen LogP contribution in [0.1, 0.15) is 62.3 Å². The van der Waals surface area contributed by atoms with Gasteiger partial charge in [-0.2, -0.15) is 0 Å². The van der Waals surface area contributed by atoms with E-state index in [0.29, 0.717) is 32.3 Å². The summed E-state index contributed by atoms with van der Waals surface area (Å²) in [5.74, 6) is 1.30. The molecule has 0 aliphatic carbocycles. The zero-order chi connectivity index (χ0) is 23.0. The molecule has 0 spiro atoms. The lowest BCUT2D eigenvalue weighted by Crippen LogP contribution is -2.39. The van der Waals surface area contributed by atoms with E-state index in [9.17, 15) is 9.59 Å². The molecule has 166 valence electrons. The summed E-state index contributed by atoms with van der Waals surface area (Å²) in [5, 5.41) is 0. The van der Waals surface area contributed by atoms with Crippen molar-refractivity contribution in [3.63, 3.8) is 0 Å². The van der Waals surface area contributed by atoms with Gasteiger partial charge >= 0.3 is 5.97 Å². The Bertz CT molecular complexity index is 1370. The zero-order valence-electron chi connectivity index (χ0n) is 18.8. The molecular formula is C25H26N2O4S. The van der Waals surface area contributed by atoms with E-state index in [0.717, 1.165) is 11.3 Å². The SMILES string of the molecule is CCOC(=O)C1=C(C)N=c2sc(=Cc3ccc(C)o3)c(=O)n2C1c1ccc(C(C)C)cc1. The lowest BCUT2D eigenvalue weighted by Gasteiger charge is -2.25. The molecular weight excluding hydrogens is 424 g/mol. The average molecular weight is 451 g/mol. The first-order chi connectivity index (χ1) is 15.3. The highest BCUT2D eigenvalue weighted by atomic mass is 32.1. The van der Waals surface area contributed by atoms with Crippen molar-refractivity contribution in [3.8, 4) is 0 Å². The number of aromatic nitrogens is 1.